The SMILES string of the molecule is O=C1C[C@@H](C2CCCOC2)Oc2ccccc21. The third-order valence-corrected chi connectivity index (χ3v) is 3.57. The van der Waals surface area contributed by atoms with E-state index < -0.39 is 0 Å². The molecule has 0 spiro atoms. The molecule has 0 radical (unpaired) electrons. The van der Waals surface area contributed by atoms with Gasteiger partial charge in [-0.3, -0.25) is 4.79 Å². The summed E-state index contributed by atoms with van der Waals surface area (Å²) in [6, 6.07) is 7.50. The molecule has 0 aromatic heterocycles. The number of Topliss-reactive ketones (excluding diaryl/α,β-unsaturated/α-hetero) is 1. The van der Waals surface area contributed by atoms with Gasteiger partial charge in [0.2, 0.25) is 0 Å². The lowest BCUT2D eigenvalue weighted by molar-refractivity contribution is -0.00363. The minimum Gasteiger partial charge on any atom is -0.489 e. The van der Waals surface area contributed by atoms with Crippen molar-refractivity contribution in [2.24, 2.45) is 5.92 Å². The molecule has 3 rings (SSSR count). The zero-order valence-corrected chi connectivity index (χ0v) is 9.72. The summed E-state index contributed by atoms with van der Waals surface area (Å²) in [5, 5.41) is 0. The van der Waals surface area contributed by atoms with Crippen molar-refractivity contribution < 1.29 is 14.3 Å². The molecule has 0 N–H and O–H groups in total. The van der Waals surface area contributed by atoms with Crippen LogP contribution in [0.3, 0.4) is 0 Å². The van der Waals surface area contributed by atoms with E-state index >= 15 is 0 Å². The molecule has 1 aromatic rings. The molecule has 90 valence electrons. The second-order valence-corrected chi connectivity index (χ2v) is 4.76. The molecule has 0 amide bonds. The van der Waals surface area contributed by atoms with Crippen molar-refractivity contribution in [1.29, 1.82) is 0 Å². The van der Waals surface area contributed by atoms with Gasteiger partial charge in [-0.1, -0.05) is 12.1 Å². The van der Waals surface area contributed by atoms with Gasteiger partial charge in [0, 0.05) is 18.9 Å². The highest BCUT2D eigenvalue weighted by Gasteiger charge is 2.33. The third-order valence-electron chi connectivity index (χ3n) is 3.57. The lowest BCUT2D eigenvalue weighted by Gasteiger charge is -2.33. The largest absolute Gasteiger partial charge is 0.489 e. The van der Waals surface area contributed by atoms with Crippen molar-refractivity contribution in [2.75, 3.05) is 13.2 Å². The van der Waals surface area contributed by atoms with Gasteiger partial charge in [-0.05, 0) is 25.0 Å². The monoisotopic (exact) mass is 232 g/mol. The Labute approximate surface area is 101 Å². The fourth-order valence-electron chi connectivity index (χ4n) is 2.62. The third kappa shape index (κ3) is 2.07. The average molecular weight is 232 g/mol. The van der Waals surface area contributed by atoms with Crippen molar-refractivity contribution in [3.05, 3.63) is 29.8 Å². The number of ketones is 1. The molecule has 0 aliphatic carbocycles. The quantitative estimate of drug-likeness (QED) is 0.746. The van der Waals surface area contributed by atoms with Crippen LogP contribution in [0.5, 0.6) is 5.75 Å². The molecular weight excluding hydrogens is 216 g/mol. The number of carbonyl (C=O) groups excluding carboxylic acids is 1. The number of ether oxygens (including phenoxy) is 2. The van der Waals surface area contributed by atoms with Gasteiger partial charge in [0.15, 0.2) is 5.78 Å². The molecule has 0 bridgehead atoms. The molecule has 3 heteroatoms. The van der Waals surface area contributed by atoms with Gasteiger partial charge in [0.05, 0.1) is 12.2 Å². The van der Waals surface area contributed by atoms with E-state index in [1.807, 2.05) is 24.3 Å². The Morgan fingerprint density at radius 1 is 1.24 bits per heavy atom. The molecule has 1 unspecified atom stereocenters. The lowest BCUT2D eigenvalue weighted by atomic mass is 9.89. The topological polar surface area (TPSA) is 35.5 Å². The number of fused-ring (bicyclic) bond motifs is 1. The second-order valence-electron chi connectivity index (χ2n) is 4.76. The molecule has 2 aliphatic heterocycles. The average Bonchev–Trinajstić information content (AvgIpc) is 2.40. The molecule has 2 aliphatic rings. The minimum atomic E-state index is -0.00213. The Morgan fingerprint density at radius 2 is 2.12 bits per heavy atom. The number of rotatable bonds is 1. The van der Waals surface area contributed by atoms with Crippen LogP contribution in [-0.2, 0) is 4.74 Å². The van der Waals surface area contributed by atoms with Crippen molar-refractivity contribution in [2.45, 2.75) is 25.4 Å². The van der Waals surface area contributed by atoms with E-state index in [0.29, 0.717) is 12.3 Å². The fraction of sp³-hybridized carbons (Fsp3) is 0.500. The van der Waals surface area contributed by atoms with E-state index in [-0.39, 0.29) is 11.9 Å². The molecular formula is C14H16O3. The van der Waals surface area contributed by atoms with Gasteiger partial charge in [0.1, 0.15) is 11.9 Å². The second kappa shape index (κ2) is 4.49. The van der Waals surface area contributed by atoms with Crippen LogP contribution in [0.4, 0.5) is 0 Å². The van der Waals surface area contributed by atoms with E-state index in [0.717, 1.165) is 37.4 Å². The van der Waals surface area contributed by atoms with Crippen LogP contribution in [0.15, 0.2) is 24.3 Å². The highest BCUT2D eigenvalue weighted by molar-refractivity contribution is 5.99. The zero-order valence-electron chi connectivity index (χ0n) is 9.72. The summed E-state index contributed by atoms with van der Waals surface area (Å²) in [4.78, 5) is 12.0. The van der Waals surface area contributed by atoms with Crippen LogP contribution in [0.2, 0.25) is 0 Å². The van der Waals surface area contributed by atoms with Crippen LogP contribution >= 0.6 is 0 Å². The fourth-order valence-corrected chi connectivity index (χ4v) is 2.62. The van der Waals surface area contributed by atoms with Crippen LogP contribution in [0, 0.1) is 5.92 Å². The van der Waals surface area contributed by atoms with Gasteiger partial charge < -0.3 is 9.47 Å². The smallest absolute Gasteiger partial charge is 0.170 e. The van der Waals surface area contributed by atoms with Gasteiger partial charge in [-0.2, -0.15) is 0 Å². The van der Waals surface area contributed by atoms with Crippen LogP contribution in [-0.4, -0.2) is 25.1 Å². The normalized spacial score (nSPS) is 28.4. The molecule has 17 heavy (non-hydrogen) atoms. The van der Waals surface area contributed by atoms with Gasteiger partial charge in [0.25, 0.3) is 0 Å². The highest BCUT2D eigenvalue weighted by Crippen LogP contribution is 2.32. The Bertz CT molecular complexity index is 421. The Balaban J connectivity index is 1.80. The molecule has 2 heterocycles. The van der Waals surface area contributed by atoms with Crippen molar-refractivity contribution >= 4 is 5.78 Å². The molecule has 2 atom stereocenters. The number of benzene rings is 1. The molecule has 1 fully saturated rings. The van der Waals surface area contributed by atoms with E-state index in [9.17, 15) is 4.79 Å². The van der Waals surface area contributed by atoms with Crippen molar-refractivity contribution in [3.8, 4) is 5.75 Å². The maximum absolute atomic E-state index is 12.0. The van der Waals surface area contributed by atoms with Crippen LogP contribution in [0.25, 0.3) is 0 Å². The lowest BCUT2D eigenvalue weighted by Crippen LogP contribution is -2.37. The predicted octanol–water partition coefficient (Wildman–Crippen LogP) is 2.45. The van der Waals surface area contributed by atoms with E-state index in [1.165, 1.54) is 0 Å². The number of hydrogen-bond donors (Lipinski definition) is 0. The zero-order chi connectivity index (χ0) is 11.7. The first kappa shape index (κ1) is 10.8. The summed E-state index contributed by atoms with van der Waals surface area (Å²) in [5.74, 6) is 1.29. The first-order chi connectivity index (χ1) is 8.34. The molecule has 3 nitrogen and oxygen atoms in total. The van der Waals surface area contributed by atoms with E-state index in [4.69, 9.17) is 9.47 Å². The van der Waals surface area contributed by atoms with Crippen molar-refractivity contribution in [3.63, 3.8) is 0 Å². The first-order valence-corrected chi connectivity index (χ1v) is 6.21. The summed E-state index contributed by atoms with van der Waals surface area (Å²) in [6.45, 7) is 1.56. The highest BCUT2D eigenvalue weighted by atomic mass is 16.5. The minimum absolute atomic E-state index is 0.00213. The summed E-state index contributed by atoms with van der Waals surface area (Å²) >= 11 is 0. The van der Waals surface area contributed by atoms with Gasteiger partial charge in [-0.25, -0.2) is 0 Å². The maximum Gasteiger partial charge on any atom is 0.170 e. The number of para-hydroxylation sites is 1. The standard InChI is InChI=1S/C14H16O3/c15-12-8-14(10-4-3-7-16-9-10)17-13-6-2-1-5-11(12)13/h1-2,5-6,10,14H,3-4,7-9H2/t10?,14-/m0/s1. The Hall–Kier alpha value is -1.35. The van der Waals surface area contributed by atoms with Crippen LogP contribution in [0.1, 0.15) is 29.6 Å². The molecule has 0 saturated carbocycles. The Kier molecular flexibility index (Phi) is 2.85. The molecule has 1 saturated heterocycles. The number of carbonyl (C=O) groups is 1. The van der Waals surface area contributed by atoms with Crippen molar-refractivity contribution in [1.82, 2.24) is 0 Å². The first-order valence-electron chi connectivity index (χ1n) is 6.21. The maximum atomic E-state index is 12.0. The summed E-state index contributed by atoms with van der Waals surface area (Å²) in [5.41, 5.74) is 0.723. The van der Waals surface area contributed by atoms with E-state index in [1.54, 1.807) is 0 Å². The predicted molar refractivity (Wildman–Crippen MR) is 63.3 cm³/mol. The number of hydrogen-bond acceptors (Lipinski definition) is 3. The van der Waals surface area contributed by atoms with Gasteiger partial charge >= 0.3 is 0 Å². The van der Waals surface area contributed by atoms with Crippen LogP contribution < -0.4 is 4.74 Å². The summed E-state index contributed by atoms with van der Waals surface area (Å²) < 4.78 is 11.4. The Morgan fingerprint density at radius 3 is 2.94 bits per heavy atom. The van der Waals surface area contributed by atoms with Gasteiger partial charge in [-0.15, -0.1) is 0 Å². The van der Waals surface area contributed by atoms with E-state index in [2.05, 4.69) is 0 Å². The summed E-state index contributed by atoms with van der Waals surface area (Å²) in [6.07, 6.45) is 2.66. The molecule has 1 aromatic carbocycles. The summed E-state index contributed by atoms with van der Waals surface area (Å²) in [7, 11) is 0.